The number of anilines is 1. The van der Waals surface area contributed by atoms with Crippen molar-refractivity contribution in [3.05, 3.63) is 51.8 Å². The van der Waals surface area contributed by atoms with Gasteiger partial charge in [0.05, 0.1) is 6.04 Å². The topological polar surface area (TPSA) is 85.4 Å². The molecule has 0 saturated heterocycles. The summed E-state index contributed by atoms with van der Waals surface area (Å²) in [6, 6.07) is 3.63. The van der Waals surface area contributed by atoms with Crippen molar-refractivity contribution in [1.82, 2.24) is 14.4 Å². The maximum atomic E-state index is 11.2. The minimum Gasteiger partial charge on any atom is -0.358 e. The number of pyridine rings is 1. The highest BCUT2D eigenvalue weighted by Gasteiger charge is 2.24. The summed E-state index contributed by atoms with van der Waals surface area (Å²) >= 11 is 1.36. The number of aromatic nitrogens is 3. The van der Waals surface area contributed by atoms with Crippen LogP contribution in [-0.2, 0) is 0 Å². The second kappa shape index (κ2) is 4.89. The molecule has 0 aliphatic rings. The minimum absolute atomic E-state index is 0.0397. The molecule has 3 rings (SSSR count). The fourth-order valence-electron chi connectivity index (χ4n) is 1.99. The zero-order valence-corrected chi connectivity index (χ0v) is 11.4. The quantitative estimate of drug-likeness (QED) is 0.589. The number of nitro groups is 1. The van der Waals surface area contributed by atoms with Crippen molar-refractivity contribution in [1.29, 1.82) is 0 Å². The Bertz CT molecular complexity index is 752. The average molecular weight is 289 g/mol. The molecule has 1 atom stereocenters. The molecule has 0 aliphatic heterocycles. The van der Waals surface area contributed by atoms with Crippen LogP contribution in [0.3, 0.4) is 0 Å². The third-order valence-corrected chi connectivity index (χ3v) is 3.73. The maximum absolute atomic E-state index is 11.2. The van der Waals surface area contributed by atoms with Crippen molar-refractivity contribution in [2.45, 2.75) is 13.0 Å². The highest BCUT2D eigenvalue weighted by molar-refractivity contribution is 7.15. The lowest BCUT2D eigenvalue weighted by atomic mass is 10.1. The van der Waals surface area contributed by atoms with Crippen LogP contribution >= 0.6 is 11.3 Å². The van der Waals surface area contributed by atoms with Gasteiger partial charge in [0.1, 0.15) is 6.20 Å². The third kappa shape index (κ3) is 2.10. The van der Waals surface area contributed by atoms with E-state index in [0.717, 1.165) is 5.56 Å². The first-order valence-electron chi connectivity index (χ1n) is 5.93. The lowest BCUT2D eigenvalue weighted by Crippen LogP contribution is -2.08. The van der Waals surface area contributed by atoms with E-state index in [2.05, 4.69) is 15.3 Å². The average Bonchev–Trinajstić information content (AvgIpc) is 2.99. The summed E-state index contributed by atoms with van der Waals surface area (Å²) in [7, 11) is 0. The van der Waals surface area contributed by atoms with Gasteiger partial charge in [-0.05, 0) is 29.5 Å². The fourth-order valence-corrected chi connectivity index (χ4v) is 2.69. The van der Waals surface area contributed by atoms with Crippen molar-refractivity contribution < 1.29 is 4.92 Å². The molecular formula is C12H11N5O2S. The van der Waals surface area contributed by atoms with Crippen LogP contribution in [0, 0.1) is 10.1 Å². The van der Waals surface area contributed by atoms with Crippen LogP contribution in [0.4, 0.5) is 11.6 Å². The fraction of sp³-hybridized carbons (Fsp3) is 0.167. The van der Waals surface area contributed by atoms with Gasteiger partial charge in [0.15, 0.2) is 0 Å². The van der Waals surface area contributed by atoms with Gasteiger partial charge in [-0.1, -0.05) is 11.3 Å². The molecule has 1 unspecified atom stereocenters. The van der Waals surface area contributed by atoms with Crippen LogP contribution in [-0.4, -0.2) is 19.3 Å². The SMILES string of the molecule is CC(Nc1nc2sccn2c1[N+](=O)[O-])c1ccncc1. The Labute approximate surface area is 118 Å². The largest absolute Gasteiger partial charge is 0.372 e. The first-order valence-corrected chi connectivity index (χ1v) is 6.81. The molecule has 7 nitrogen and oxygen atoms in total. The molecule has 8 heteroatoms. The highest BCUT2D eigenvalue weighted by Crippen LogP contribution is 2.30. The summed E-state index contributed by atoms with van der Waals surface area (Å²) < 4.78 is 1.48. The van der Waals surface area contributed by atoms with E-state index in [1.165, 1.54) is 15.7 Å². The van der Waals surface area contributed by atoms with Crippen molar-refractivity contribution >= 4 is 27.9 Å². The van der Waals surface area contributed by atoms with Gasteiger partial charge in [-0.25, -0.2) is 0 Å². The van der Waals surface area contributed by atoms with Crippen LogP contribution in [0.5, 0.6) is 0 Å². The molecule has 0 radical (unpaired) electrons. The Balaban J connectivity index is 1.96. The Hall–Kier alpha value is -2.48. The zero-order valence-electron chi connectivity index (χ0n) is 10.6. The van der Waals surface area contributed by atoms with E-state index in [0.29, 0.717) is 4.96 Å². The molecule has 0 fully saturated rings. The molecule has 0 bridgehead atoms. The van der Waals surface area contributed by atoms with Gasteiger partial charge >= 0.3 is 5.82 Å². The maximum Gasteiger partial charge on any atom is 0.372 e. The first kappa shape index (κ1) is 12.5. The number of rotatable bonds is 4. The van der Waals surface area contributed by atoms with Crippen molar-refractivity contribution in [3.8, 4) is 0 Å². The molecule has 0 aromatic carbocycles. The number of nitrogens with zero attached hydrogens (tertiary/aromatic N) is 4. The second-order valence-electron chi connectivity index (χ2n) is 4.24. The predicted molar refractivity (Wildman–Crippen MR) is 76.0 cm³/mol. The van der Waals surface area contributed by atoms with E-state index in [1.54, 1.807) is 24.0 Å². The van der Waals surface area contributed by atoms with Gasteiger partial charge in [0, 0.05) is 17.8 Å². The molecule has 3 aromatic heterocycles. The summed E-state index contributed by atoms with van der Waals surface area (Å²) in [6.07, 6.45) is 5.02. The molecule has 3 heterocycles. The Morgan fingerprint density at radius 1 is 1.45 bits per heavy atom. The van der Waals surface area contributed by atoms with Gasteiger partial charge in [-0.15, -0.1) is 0 Å². The number of imidazole rings is 1. The summed E-state index contributed by atoms with van der Waals surface area (Å²) in [5.74, 6) is 0.244. The van der Waals surface area contributed by atoms with Gasteiger partial charge < -0.3 is 15.4 Å². The van der Waals surface area contributed by atoms with Crippen LogP contribution in [0.1, 0.15) is 18.5 Å². The number of fused-ring (bicyclic) bond motifs is 1. The van der Waals surface area contributed by atoms with Gasteiger partial charge in [0.2, 0.25) is 5.82 Å². The zero-order chi connectivity index (χ0) is 14.1. The van der Waals surface area contributed by atoms with E-state index in [9.17, 15) is 10.1 Å². The summed E-state index contributed by atoms with van der Waals surface area (Å²) in [5, 5.41) is 16.1. The van der Waals surface area contributed by atoms with E-state index in [1.807, 2.05) is 19.1 Å². The van der Waals surface area contributed by atoms with Crippen LogP contribution in [0.15, 0.2) is 36.1 Å². The van der Waals surface area contributed by atoms with Gasteiger partial charge in [-0.2, -0.15) is 9.38 Å². The molecule has 20 heavy (non-hydrogen) atoms. The standard InChI is InChI=1S/C12H11N5O2S/c1-8(9-2-4-13-5-3-9)14-10-11(17(18)19)16-6-7-20-12(16)15-10/h2-8,14H,1H3. The van der Waals surface area contributed by atoms with Gasteiger partial charge in [0.25, 0.3) is 4.96 Å². The summed E-state index contributed by atoms with van der Waals surface area (Å²) in [4.78, 5) is 19.6. The van der Waals surface area contributed by atoms with Crippen LogP contribution in [0.25, 0.3) is 4.96 Å². The van der Waals surface area contributed by atoms with Crippen LogP contribution in [0.2, 0.25) is 0 Å². The molecule has 1 N–H and O–H groups in total. The van der Waals surface area contributed by atoms with E-state index < -0.39 is 4.92 Å². The normalized spacial score (nSPS) is 12.4. The molecule has 0 saturated carbocycles. The lowest BCUT2D eigenvalue weighted by Gasteiger charge is -2.12. The number of hydrogen-bond donors (Lipinski definition) is 1. The predicted octanol–water partition coefficient (Wildman–Crippen LogP) is 2.87. The molecule has 0 aliphatic carbocycles. The second-order valence-corrected chi connectivity index (χ2v) is 5.12. The smallest absolute Gasteiger partial charge is 0.358 e. The van der Waals surface area contributed by atoms with Crippen LogP contribution < -0.4 is 5.32 Å². The summed E-state index contributed by atoms with van der Waals surface area (Å²) in [6.45, 7) is 1.92. The molecule has 0 amide bonds. The monoisotopic (exact) mass is 289 g/mol. The van der Waals surface area contributed by atoms with Crippen molar-refractivity contribution in [2.24, 2.45) is 0 Å². The number of thiazole rings is 1. The number of nitrogens with one attached hydrogen (secondary N) is 1. The number of hydrogen-bond acceptors (Lipinski definition) is 6. The van der Waals surface area contributed by atoms with E-state index in [4.69, 9.17) is 0 Å². The van der Waals surface area contributed by atoms with Crippen molar-refractivity contribution in [3.63, 3.8) is 0 Å². The summed E-state index contributed by atoms with van der Waals surface area (Å²) in [5.41, 5.74) is 0.991. The Morgan fingerprint density at radius 3 is 2.90 bits per heavy atom. The van der Waals surface area contributed by atoms with Gasteiger partial charge in [-0.3, -0.25) is 4.98 Å². The van der Waals surface area contributed by atoms with E-state index >= 15 is 0 Å². The third-order valence-electron chi connectivity index (χ3n) is 2.97. The highest BCUT2D eigenvalue weighted by atomic mass is 32.1. The Kier molecular flexibility index (Phi) is 3.07. The molecule has 3 aromatic rings. The van der Waals surface area contributed by atoms with E-state index in [-0.39, 0.29) is 17.7 Å². The Morgan fingerprint density at radius 2 is 2.20 bits per heavy atom. The molecule has 0 spiro atoms. The first-order chi connectivity index (χ1) is 9.66. The lowest BCUT2D eigenvalue weighted by molar-refractivity contribution is -0.389. The molecular weight excluding hydrogens is 278 g/mol. The van der Waals surface area contributed by atoms with Crippen molar-refractivity contribution in [2.75, 3.05) is 5.32 Å². The molecule has 102 valence electrons. The minimum atomic E-state index is -0.422.